The fraction of sp³-hybridized carbons (Fsp3) is 0.444. The monoisotopic (exact) mass is 316 g/mol. The van der Waals surface area contributed by atoms with Crippen molar-refractivity contribution in [3.8, 4) is 5.75 Å². The van der Waals surface area contributed by atoms with E-state index in [4.69, 9.17) is 4.74 Å². The van der Waals surface area contributed by atoms with E-state index in [1.807, 2.05) is 30.9 Å². The molecule has 0 saturated carbocycles. The number of nitrogens with zero attached hydrogens (tertiary/aromatic N) is 2. The fourth-order valence-electron chi connectivity index (χ4n) is 2.66. The van der Waals surface area contributed by atoms with Gasteiger partial charge in [0.2, 0.25) is 5.91 Å². The number of methoxy groups -OCH3 is 1. The Labute approximate surface area is 136 Å². The van der Waals surface area contributed by atoms with Gasteiger partial charge in [-0.1, -0.05) is 13.8 Å². The molecule has 0 radical (unpaired) electrons. The summed E-state index contributed by atoms with van der Waals surface area (Å²) in [5, 5.41) is 1.41. The Bertz CT molecular complexity index is 731. The highest BCUT2D eigenvalue weighted by molar-refractivity contribution is 5.83. The minimum Gasteiger partial charge on any atom is -0.497 e. The molecule has 2 aromatic rings. The summed E-state index contributed by atoms with van der Waals surface area (Å²) >= 11 is 0. The Morgan fingerprint density at radius 1 is 1.17 bits per heavy atom. The second-order valence-corrected chi connectivity index (χ2v) is 5.58. The Balaban J connectivity index is 2.28. The van der Waals surface area contributed by atoms with Crippen molar-refractivity contribution in [2.24, 2.45) is 0 Å². The van der Waals surface area contributed by atoms with E-state index >= 15 is 0 Å². The zero-order chi connectivity index (χ0) is 16.8. The maximum absolute atomic E-state index is 12.6. The molecule has 0 aliphatic carbocycles. The first-order valence-corrected chi connectivity index (χ1v) is 8.05. The first-order valence-electron chi connectivity index (χ1n) is 8.05. The van der Waals surface area contributed by atoms with Crippen molar-refractivity contribution >= 4 is 16.7 Å². The molecule has 1 aromatic heterocycles. The predicted molar refractivity (Wildman–Crippen MR) is 91.9 cm³/mol. The number of pyridine rings is 1. The number of carbonyl (C=O) groups excluding carboxylic acids is 1. The number of hydrogen-bond acceptors (Lipinski definition) is 3. The summed E-state index contributed by atoms with van der Waals surface area (Å²) in [7, 11) is 1.59. The van der Waals surface area contributed by atoms with Crippen LogP contribution in [0.15, 0.2) is 35.3 Å². The van der Waals surface area contributed by atoms with Gasteiger partial charge in [-0.25, -0.2) is 0 Å². The maximum Gasteiger partial charge on any atom is 0.258 e. The van der Waals surface area contributed by atoms with Gasteiger partial charge in [-0.15, -0.1) is 0 Å². The molecule has 0 saturated heterocycles. The van der Waals surface area contributed by atoms with Gasteiger partial charge in [-0.3, -0.25) is 9.59 Å². The summed E-state index contributed by atoms with van der Waals surface area (Å²) < 4.78 is 6.65. The van der Waals surface area contributed by atoms with Crippen LogP contribution in [-0.2, 0) is 11.3 Å². The van der Waals surface area contributed by atoms with Crippen molar-refractivity contribution in [3.63, 3.8) is 0 Å². The van der Waals surface area contributed by atoms with Crippen LogP contribution in [0.5, 0.6) is 5.75 Å². The number of carbonyl (C=O) groups is 1. The van der Waals surface area contributed by atoms with Gasteiger partial charge in [0.1, 0.15) is 12.3 Å². The lowest BCUT2D eigenvalue weighted by Crippen LogP contribution is -2.37. The topological polar surface area (TPSA) is 51.5 Å². The molecule has 23 heavy (non-hydrogen) atoms. The van der Waals surface area contributed by atoms with E-state index in [9.17, 15) is 9.59 Å². The Kier molecular flexibility index (Phi) is 5.79. The molecule has 0 spiro atoms. The highest BCUT2D eigenvalue weighted by Gasteiger charge is 2.14. The average Bonchev–Trinajstić information content (AvgIpc) is 2.56. The van der Waals surface area contributed by atoms with Gasteiger partial charge in [-0.2, -0.15) is 0 Å². The average molecular weight is 316 g/mol. The Morgan fingerprint density at radius 2 is 1.87 bits per heavy atom. The fourth-order valence-corrected chi connectivity index (χ4v) is 2.66. The minimum atomic E-state index is -0.147. The Hall–Kier alpha value is -2.30. The van der Waals surface area contributed by atoms with E-state index in [0.29, 0.717) is 11.1 Å². The van der Waals surface area contributed by atoms with Crippen molar-refractivity contribution in [2.45, 2.75) is 33.2 Å². The van der Waals surface area contributed by atoms with Crippen LogP contribution < -0.4 is 10.3 Å². The minimum absolute atomic E-state index is 0.0105. The first kappa shape index (κ1) is 17.1. The van der Waals surface area contributed by atoms with Crippen LogP contribution >= 0.6 is 0 Å². The highest BCUT2D eigenvalue weighted by Crippen LogP contribution is 2.17. The van der Waals surface area contributed by atoms with Crippen LogP contribution in [0, 0.1) is 0 Å². The van der Waals surface area contributed by atoms with Crippen LogP contribution in [0.3, 0.4) is 0 Å². The van der Waals surface area contributed by atoms with Gasteiger partial charge in [-0.05, 0) is 42.5 Å². The zero-order valence-corrected chi connectivity index (χ0v) is 14.0. The van der Waals surface area contributed by atoms with Crippen molar-refractivity contribution in [1.82, 2.24) is 9.47 Å². The molecule has 0 atom stereocenters. The molecule has 0 bridgehead atoms. The van der Waals surface area contributed by atoms with E-state index in [0.717, 1.165) is 31.3 Å². The summed E-state index contributed by atoms with van der Waals surface area (Å²) in [5.74, 6) is 0.700. The van der Waals surface area contributed by atoms with E-state index in [1.165, 1.54) is 4.57 Å². The summed E-state index contributed by atoms with van der Waals surface area (Å²) in [6.07, 6.45) is 3.51. The molecule has 1 aromatic carbocycles. The molecular weight excluding hydrogens is 292 g/mol. The zero-order valence-electron chi connectivity index (χ0n) is 14.0. The molecule has 0 unspecified atom stereocenters. The predicted octanol–water partition coefficient (Wildman–Crippen LogP) is 2.66. The van der Waals surface area contributed by atoms with Crippen molar-refractivity contribution in [1.29, 1.82) is 0 Å². The lowest BCUT2D eigenvalue weighted by molar-refractivity contribution is -0.132. The first-order chi connectivity index (χ1) is 11.1. The normalized spacial score (nSPS) is 10.7. The standard InChI is InChI=1S/C18H24N2O3/c1-4-9-19(10-5-2)17(21)13-20-11-8-14-12-15(23-3)6-7-16(14)18(20)22/h6-8,11-12H,4-5,9-10,13H2,1-3H3. The van der Waals surface area contributed by atoms with Crippen LogP contribution in [0.2, 0.25) is 0 Å². The molecule has 1 amide bonds. The second-order valence-electron chi connectivity index (χ2n) is 5.58. The van der Waals surface area contributed by atoms with E-state index in [-0.39, 0.29) is 18.0 Å². The number of ether oxygens (including phenoxy) is 1. The van der Waals surface area contributed by atoms with Crippen LogP contribution in [0.1, 0.15) is 26.7 Å². The quantitative estimate of drug-likeness (QED) is 0.789. The van der Waals surface area contributed by atoms with E-state index in [1.54, 1.807) is 25.4 Å². The van der Waals surface area contributed by atoms with E-state index in [2.05, 4.69) is 0 Å². The third-order valence-corrected chi connectivity index (χ3v) is 3.83. The smallest absolute Gasteiger partial charge is 0.258 e. The van der Waals surface area contributed by atoms with Gasteiger partial charge in [0.25, 0.3) is 5.56 Å². The lowest BCUT2D eigenvalue weighted by atomic mass is 10.1. The molecule has 0 aliphatic heterocycles. The van der Waals surface area contributed by atoms with Crippen molar-refractivity contribution in [3.05, 3.63) is 40.8 Å². The summed E-state index contributed by atoms with van der Waals surface area (Å²) in [5.41, 5.74) is -0.147. The molecule has 2 rings (SSSR count). The van der Waals surface area contributed by atoms with Crippen LogP contribution in [0.25, 0.3) is 10.8 Å². The third kappa shape index (κ3) is 3.92. The Morgan fingerprint density at radius 3 is 2.48 bits per heavy atom. The van der Waals surface area contributed by atoms with Gasteiger partial charge in [0, 0.05) is 24.7 Å². The number of rotatable bonds is 7. The molecular formula is C18H24N2O3. The van der Waals surface area contributed by atoms with E-state index < -0.39 is 0 Å². The summed E-state index contributed by atoms with van der Waals surface area (Å²) in [6, 6.07) is 7.17. The highest BCUT2D eigenvalue weighted by atomic mass is 16.5. The number of fused-ring (bicyclic) bond motifs is 1. The summed E-state index contributed by atoms with van der Waals surface area (Å²) in [6.45, 7) is 5.64. The maximum atomic E-state index is 12.6. The number of amides is 1. The molecule has 0 aliphatic rings. The van der Waals surface area contributed by atoms with Gasteiger partial charge in [0.05, 0.1) is 7.11 Å². The molecule has 0 N–H and O–H groups in total. The second kappa shape index (κ2) is 7.81. The van der Waals surface area contributed by atoms with Crippen molar-refractivity contribution in [2.75, 3.05) is 20.2 Å². The number of aromatic nitrogens is 1. The largest absolute Gasteiger partial charge is 0.497 e. The van der Waals surface area contributed by atoms with Gasteiger partial charge in [0.15, 0.2) is 0 Å². The molecule has 5 heteroatoms. The number of benzene rings is 1. The number of hydrogen-bond donors (Lipinski definition) is 0. The van der Waals surface area contributed by atoms with Crippen molar-refractivity contribution < 1.29 is 9.53 Å². The lowest BCUT2D eigenvalue weighted by Gasteiger charge is -2.22. The SMILES string of the molecule is CCCN(CCC)C(=O)Cn1ccc2cc(OC)ccc2c1=O. The molecule has 1 heterocycles. The van der Waals surface area contributed by atoms with Crippen LogP contribution in [-0.4, -0.2) is 35.6 Å². The molecule has 124 valence electrons. The molecule has 5 nitrogen and oxygen atoms in total. The third-order valence-electron chi connectivity index (χ3n) is 3.83. The van der Waals surface area contributed by atoms with Crippen LogP contribution in [0.4, 0.5) is 0 Å². The van der Waals surface area contributed by atoms with Gasteiger partial charge < -0.3 is 14.2 Å². The summed E-state index contributed by atoms with van der Waals surface area (Å²) in [4.78, 5) is 26.8. The van der Waals surface area contributed by atoms with Gasteiger partial charge >= 0.3 is 0 Å². The molecule has 0 fully saturated rings.